The summed E-state index contributed by atoms with van der Waals surface area (Å²) in [6.07, 6.45) is 12.1. The summed E-state index contributed by atoms with van der Waals surface area (Å²) in [5.74, 6) is 0.220. The Bertz CT molecular complexity index is 1470. The molecule has 232 valence electrons. The molecule has 42 heavy (non-hydrogen) atoms. The van der Waals surface area contributed by atoms with Gasteiger partial charge in [0.1, 0.15) is 5.75 Å². The molecule has 6 atom stereocenters. The van der Waals surface area contributed by atoms with E-state index in [1.807, 2.05) is 6.92 Å². The minimum atomic E-state index is -3.90. The lowest BCUT2D eigenvalue weighted by atomic mass is 9.34. The van der Waals surface area contributed by atoms with Crippen LogP contribution < -0.4 is 10.4 Å². The Morgan fingerprint density at radius 2 is 1.64 bits per heavy atom. The lowest BCUT2D eigenvalue weighted by molar-refractivity contribution is -0.164. The van der Waals surface area contributed by atoms with Gasteiger partial charge in [0.25, 0.3) is 0 Å². The van der Waals surface area contributed by atoms with Crippen molar-refractivity contribution in [3.8, 4) is 5.75 Å². The Morgan fingerprint density at radius 3 is 2.29 bits per heavy atom. The number of carbonyl (C=O) groups is 1. The highest BCUT2D eigenvalue weighted by molar-refractivity contribution is 7.49. The van der Waals surface area contributed by atoms with E-state index in [-0.39, 0.29) is 46.7 Å². The van der Waals surface area contributed by atoms with E-state index in [9.17, 15) is 14.5 Å². The largest absolute Gasteiger partial charge is 0.532 e. The Kier molecular flexibility index (Phi) is 7.77. The SMILES string of the molecule is C=c1cc2c(c(C)c1O)=CC=C1[C@@]2(C)CC[C@@]2(C)[C@@H]3C[C@](C)(CC(=O)OP(=O)(OCC)OCC)CC[C@]3(C)CC[C@]12C. The number of allylic oxidation sites excluding steroid dienone is 2. The van der Waals surface area contributed by atoms with Crippen LogP contribution in [0.3, 0.4) is 0 Å². The second kappa shape index (κ2) is 10.3. The van der Waals surface area contributed by atoms with Crippen molar-refractivity contribution in [3.05, 3.63) is 39.3 Å². The van der Waals surface area contributed by atoms with Crippen molar-refractivity contribution in [2.45, 2.75) is 112 Å². The normalized spacial score (nSPS) is 37.3. The van der Waals surface area contributed by atoms with Gasteiger partial charge in [-0.05, 0) is 116 Å². The van der Waals surface area contributed by atoms with E-state index in [1.54, 1.807) is 13.8 Å². The summed E-state index contributed by atoms with van der Waals surface area (Å²) in [6.45, 7) is 22.0. The lowest BCUT2D eigenvalue weighted by Gasteiger charge is -2.70. The number of benzene rings is 1. The molecule has 7 heteroatoms. The third-order valence-electron chi connectivity index (χ3n) is 12.4. The fourth-order valence-corrected chi connectivity index (χ4v) is 10.8. The molecular weight excluding hydrogens is 547 g/mol. The summed E-state index contributed by atoms with van der Waals surface area (Å²) in [7, 11) is -3.90. The monoisotopic (exact) mass is 598 g/mol. The number of hydrogen-bond acceptors (Lipinski definition) is 6. The number of hydrogen-bond donors (Lipinski definition) is 1. The molecule has 0 unspecified atom stereocenters. The molecule has 0 amide bonds. The van der Waals surface area contributed by atoms with Crippen LogP contribution in [0.2, 0.25) is 0 Å². The van der Waals surface area contributed by atoms with E-state index in [0.717, 1.165) is 55.7 Å². The zero-order valence-corrected chi connectivity index (χ0v) is 27.9. The van der Waals surface area contributed by atoms with E-state index in [1.165, 1.54) is 11.1 Å². The van der Waals surface area contributed by atoms with Crippen LogP contribution in [0.4, 0.5) is 0 Å². The smallest absolute Gasteiger partial charge is 0.507 e. The number of phosphoric ester groups is 1. The van der Waals surface area contributed by atoms with Gasteiger partial charge in [0.2, 0.25) is 0 Å². The molecule has 0 bridgehead atoms. The third-order valence-corrected chi connectivity index (χ3v) is 14.0. The number of phenols is 1. The van der Waals surface area contributed by atoms with Crippen molar-refractivity contribution in [3.63, 3.8) is 0 Å². The van der Waals surface area contributed by atoms with E-state index < -0.39 is 13.8 Å². The average Bonchev–Trinajstić information content (AvgIpc) is 2.90. The molecule has 0 aromatic heterocycles. The van der Waals surface area contributed by atoms with Crippen molar-refractivity contribution in [2.75, 3.05) is 13.2 Å². The second-order valence-corrected chi connectivity index (χ2v) is 16.5. The van der Waals surface area contributed by atoms with E-state index in [0.29, 0.717) is 16.9 Å². The van der Waals surface area contributed by atoms with Gasteiger partial charge in [0.05, 0.1) is 19.6 Å². The van der Waals surface area contributed by atoms with Crippen LogP contribution in [-0.4, -0.2) is 24.3 Å². The van der Waals surface area contributed by atoms with Crippen molar-refractivity contribution in [1.82, 2.24) is 0 Å². The van der Waals surface area contributed by atoms with Gasteiger partial charge in [-0.2, -0.15) is 0 Å². The summed E-state index contributed by atoms with van der Waals surface area (Å²) in [4.78, 5) is 13.2. The van der Waals surface area contributed by atoms with Crippen molar-refractivity contribution in [2.24, 2.45) is 27.6 Å². The van der Waals surface area contributed by atoms with E-state index in [4.69, 9.17) is 13.6 Å². The first-order valence-electron chi connectivity index (χ1n) is 15.9. The molecule has 6 nitrogen and oxygen atoms in total. The molecule has 5 rings (SSSR count). The quantitative estimate of drug-likeness (QED) is 0.325. The molecular formula is C35H51O6P. The lowest BCUT2D eigenvalue weighted by Crippen LogP contribution is -2.62. The van der Waals surface area contributed by atoms with Gasteiger partial charge in [-0.1, -0.05) is 58.9 Å². The van der Waals surface area contributed by atoms with Crippen molar-refractivity contribution >= 4 is 26.4 Å². The first-order valence-corrected chi connectivity index (χ1v) is 17.3. The van der Waals surface area contributed by atoms with E-state index >= 15 is 0 Å². The predicted octanol–water partition coefficient (Wildman–Crippen LogP) is 7.62. The van der Waals surface area contributed by atoms with Gasteiger partial charge < -0.3 is 9.63 Å². The highest BCUT2D eigenvalue weighted by Gasteiger charge is 2.66. The molecule has 1 N–H and O–H groups in total. The van der Waals surface area contributed by atoms with Crippen LogP contribution in [0, 0.1) is 34.5 Å². The summed E-state index contributed by atoms with van der Waals surface area (Å²) in [6, 6.07) is 2.12. The molecule has 4 aliphatic rings. The highest BCUT2D eigenvalue weighted by atomic mass is 31.2. The molecule has 3 saturated carbocycles. The molecule has 0 aliphatic heterocycles. The first kappa shape index (κ1) is 31.5. The number of aromatic hydroxyl groups is 1. The van der Waals surface area contributed by atoms with Gasteiger partial charge in [0.15, 0.2) is 0 Å². The zero-order valence-electron chi connectivity index (χ0n) is 27.0. The molecule has 0 saturated heterocycles. The Labute approximate surface area is 252 Å². The number of phenolic OH excluding ortho intramolecular Hbond substituents is 1. The van der Waals surface area contributed by atoms with Crippen LogP contribution in [0.15, 0.2) is 17.7 Å². The standard InChI is InChI=1S/C35H51O6P/c1-10-39-42(38,40-11-2)41-29(36)22-31(5)14-15-32(6)16-18-34(8)27-13-12-25-24(4)30(37)23(3)20-26(25)33(27,7)17-19-35(34,9)28(32)21-31/h12-13,20,28,37H,3,10-11,14-19,21-22H2,1-2,4-9H3/t28-,31-,32-,33+,34-,35+/m1/s1. The Morgan fingerprint density at radius 1 is 1.00 bits per heavy atom. The summed E-state index contributed by atoms with van der Waals surface area (Å²) in [5.41, 5.74) is 3.58. The van der Waals surface area contributed by atoms with Crippen molar-refractivity contribution < 1.29 is 28.0 Å². The first-order chi connectivity index (χ1) is 19.5. The topological polar surface area (TPSA) is 82.1 Å². The molecule has 0 radical (unpaired) electrons. The van der Waals surface area contributed by atoms with Crippen LogP contribution >= 0.6 is 7.82 Å². The maximum absolute atomic E-state index is 13.2. The zero-order chi connectivity index (χ0) is 30.9. The van der Waals surface area contributed by atoms with Crippen molar-refractivity contribution in [1.29, 1.82) is 0 Å². The molecule has 1 aromatic rings. The van der Waals surface area contributed by atoms with Gasteiger partial charge in [-0.3, -0.25) is 13.8 Å². The molecule has 3 fully saturated rings. The summed E-state index contributed by atoms with van der Waals surface area (Å²) in [5, 5.41) is 12.5. The minimum Gasteiger partial charge on any atom is -0.507 e. The Balaban J connectivity index is 1.48. The number of carbonyl (C=O) groups excluding carboxylic acids is 1. The second-order valence-electron chi connectivity index (χ2n) is 14.9. The maximum atomic E-state index is 13.2. The Hall–Kier alpha value is -1.88. The molecule has 4 aliphatic carbocycles. The summed E-state index contributed by atoms with van der Waals surface area (Å²) >= 11 is 0. The minimum absolute atomic E-state index is 0.0100. The number of phosphoric acid groups is 1. The van der Waals surface area contributed by atoms with Crippen LogP contribution in [0.5, 0.6) is 5.75 Å². The fraction of sp³-hybridized carbons (Fsp3) is 0.686. The molecule has 1 aromatic carbocycles. The highest BCUT2D eigenvalue weighted by Crippen LogP contribution is 2.74. The molecule has 0 heterocycles. The van der Waals surface area contributed by atoms with Crippen LogP contribution in [-0.2, 0) is 28.3 Å². The maximum Gasteiger partial charge on any atom is 0.532 e. The molecule has 0 spiro atoms. The van der Waals surface area contributed by atoms with Gasteiger partial charge in [-0.15, -0.1) is 0 Å². The van der Waals surface area contributed by atoms with Crippen LogP contribution in [0.25, 0.3) is 12.7 Å². The number of rotatable bonds is 7. The van der Waals surface area contributed by atoms with Gasteiger partial charge in [0, 0.05) is 10.6 Å². The third kappa shape index (κ3) is 4.66. The van der Waals surface area contributed by atoms with E-state index in [2.05, 4.69) is 59.4 Å². The van der Waals surface area contributed by atoms with Gasteiger partial charge in [-0.25, -0.2) is 4.57 Å². The fourth-order valence-electron chi connectivity index (χ4n) is 9.70. The average molecular weight is 599 g/mol. The summed E-state index contributed by atoms with van der Waals surface area (Å²) < 4.78 is 28.8. The van der Waals surface area contributed by atoms with Gasteiger partial charge >= 0.3 is 13.8 Å². The number of fused-ring (bicyclic) bond motifs is 7. The predicted molar refractivity (Wildman–Crippen MR) is 167 cm³/mol. The van der Waals surface area contributed by atoms with Crippen LogP contribution in [0.1, 0.15) is 111 Å².